The largest absolute Gasteiger partial charge is 0.496 e. The van der Waals surface area contributed by atoms with Crippen LogP contribution in [0.3, 0.4) is 0 Å². The molecule has 0 radical (unpaired) electrons. The van der Waals surface area contributed by atoms with Crippen molar-refractivity contribution in [1.29, 1.82) is 0 Å². The Morgan fingerprint density at radius 3 is 2.52 bits per heavy atom. The van der Waals surface area contributed by atoms with Gasteiger partial charge in [0.05, 0.1) is 12.1 Å². The Balaban J connectivity index is 2.17. The van der Waals surface area contributed by atoms with Crippen LogP contribution in [0.1, 0.15) is 22.8 Å². The first-order valence-corrected chi connectivity index (χ1v) is 7.44. The second-order valence-electron chi connectivity index (χ2n) is 4.45. The number of hydrogen-bond acceptors (Lipinski definition) is 3. The van der Waals surface area contributed by atoms with E-state index >= 15 is 0 Å². The molecule has 0 heterocycles. The molecule has 2 rings (SSSR count). The van der Waals surface area contributed by atoms with Crippen molar-refractivity contribution in [2.75, 3.05) is 7.11 Å². The predicted octanol–water partition coefficient (Wildman–Crippen LogP) is 4.89. The van der Waals surface area contributed by atoms with Crippen LogP contribution in [0.15, 0.2) is 40.9 Å². The number of Topliss-reactive ketones (excluding diaryl/α,β-unsaturated/α-hetero) is 1. The topological polar surface area (TPSA) is 35.5 Å². The average molecular weight is 370 g/mol. The third-order valence-corrected chi connectivity index (χ3v) is 3.75. The zero-order valence-electron chi connectivity index (χ0n) is 11.7. The SMILES string of the molecule is COc1ccc(Br)cc1COc1ccc(C(C)=O)cc1Cl. The average Bonchev–Trinajstić information content (AvgIpc) is 2.46. The van der Waals surface area contributed by atoms with Crippen LogP contribution in [0.4, 0.5) is 0 Å². The summed E-state index contributed by atoms with van der Waals surface area (Å²) >= 11 is 9.54. The van der Waals surface area contributed by atoms with E-state index in [0.29, 0.717) is 22.9 Å². The summed E-state index contributed by atoms with van der Waals surface area (Å²) in [6, 6.07) is 10.7. The highest BCUT2D eigenvalue weighted by atomic mass is 79.9. The molecule has 0 unspecified atom stereocenters. The summed E-state index contributed by atoms with van der Waals surface area (Å²) in [6.45, 7) is 1.82. The first kappa shape index (κ1) is 15.9. The number of halogens is 2. The fourth-order valence-electron chi connectivity index (χ4n) is 1.85. The number of carbonyl (C=O) groups excluding carboxylic acids is 1. The van der Waals surface area contributed by atoms with Crippen LogP contribution >= 0.6 is 27.5 Å². The lowest BCUT2D eigenvalue weighted by Gasteiger charge is -2.12. The van der Waals surface area contributed by atoms with Crippen molar-refractivity contribution in [2.24, 2.45) is 0 Å². The molecule has 0 aromatic heterocycles. The van der Waals surface area contributed by atoms with Gasteiger partial charge < -0.3 is 9.47 Å². The summed E-state index contributed by atoms with van der Waals surface area (Å²) in [7, 11) is 1.61. The van der Waals surface area contributed by atoms with E-state index in [1.54, 1.807) is 25.3 Å². The van der Waals surface area contributed by atoms with Crippen molar-refractivity contribution in [1.82, 2.24) is 0 Å². The maximum Gasteiger partial charge on any atom is 0.159 e. The number of methoxy groups -OCH3 is 1. The van der Waals surface area contributed by atoms with E-state index in [9.17, 15) is 4.79 Å². The Labute approximate surface area is 137 Å². The lowest BCUT2D eigenvalue weighted by molar-refractivity contribution is 0.101. The Morgan fingerprint density at radius 1 is 1.19 bits per heavy atom. The van der Waals surface area contributed by atoms with Crippen molar-refractivity contribution in [3.05, 3.63) is 57.0 Å². The van der Waals surface area contributed by atoms with Crippen molar-refractivity contribution >= 4 is 33.3 Å². The van der Waals surface area contributed by atoms with E-state index in [0.717, 1.165) is 15.8 Å². The van der Waals surface area contributed by atoms with Crippen molar-refractivity contribution in [2.45, 2.75) is 13.5 Å². The summed E-state index contributed by atoms with van der Waals surface area (Å²) in [6.07, 6.45) is 0. The third-order valence-electron chi connectivity index (χ3n) is 2.96. The minimum atomic E-state index is -0.0305. The van der Waals surface area contributed by atoms with E-state index < -0.39 is 0 Å². The van der Waals surface area contributed by atoms with Gasteiger partial charge in [0.15, 0.2) is 5.78 Å². The molecule has 3 nitrogen and oxygen atoms in total. The Morgan fingerprint density at radius 2 is 1.90 bits per heavy atom. The zero-order valence-corrected chi connectivity index (χ0v) is 14.0. The summed E-state index contributed by atoms with van der Waals surface area (Å²) in [5.74, 6) is 1.25. The standard InChI is InChI=1S/C16H14BrClO3/c1-10(19)11-3-5-16(14(18)8-11)21-9-12-7-13(17)4-6-15(12)20-2/h3-8H,9H2,1-2H3. The van der Waals surface area contributed by atoms with Crippen LogP contribution in [0.5, 0.6) is 11.5 Å². The van der Waals surface area contributed by atoms with E-state index in [1.165, 1.54) is 6.92 Å². The second kappa shape index (κ2) is 6.96. The molecule has 0 N–H and O–H groups in total. The first-order chi connectivity index (χ1) is 10.0. The third kappa shape index (κ3) is 3.99. The van der Waals surface area contributed by atoms with E-state index in [2.05, 4.69) is 15.9 Å². The van der Waals surface area contributed by atoms with Gasteiger partial charge in [-0.15, -0.1) is 0 Å². The maximum atomic E-state index is 11.3. The van der Waals surface area contributed by atoms with Gasteiger partial charge in [-0.2, -0.15) is 0 Å². The van der Waals surface area contributed by atoms with Gasteiger partial charge in [0, 0.05) is 15.6 Å². The lowest BCUT2D eigenvalue weighted by Crippen LogP contribution is -2.00. The van der Waals surface area contributed by atoms with Crippen LogP contribution in [0.25, 0.3) is 0 Å². The molecule has 21 heavy (non-hydrogen) atoms. The fourth-order valence-corrected chi connectivity index (χ4v) is 2.50. The Bertz CT molecular complexity index is 671. The molecule has 0 saturated carbocycles. The summed E-state index contributed by atoms with van der Waals surface area (Å²) in [5.41, 5.74) is 1.46. The molecule has 0 aliphatic rings. The molecule has 0 atom stereocenters. The molecule has 0 fully saturated rings. The highest BCUT2D eigenvalue weighted by Gasteiger charge is 2.09. The summed E-state index contributed by atoms with van der Waals surface area (Å²) in [4.78, 5) is 11.3. The van der Waals surface area contributed by atoms with Crippen molar-refractivity contribution < 1.29 is 14.3 Å². The number of benzene rings is 2. The van der Waals surface area contributed by atoms with Crippen LogP contribution in [-0.2, 0) is 6.61 Å². The van der Waals surface area contributed by atoms with Crippen molar-refractivity contribution in [3.8, 4) is 11.5 Å². The number of ether oxygens (including phenoxy) is 2. The van der Waals surface area contributed by atoms with Gasteiger partial charge in [0.25, 0.3) is 0 Å². The van der Waals surface area contributed by atoms with Gasteiger partial charge in [0.1, 0.15) is 18.1 Å². The maximum absolute atomic E-state index is 11.3. The summed E-state index contributed by atoms with van der Waals surface area (Å²) in [5, 5.41) is 0.414. The summed E-state index contributed by atoms with van der Waals surface area (Å²) < 4.78 is 11.9. The molecule has 2 aromatic rings. The normalized spacial score (nSPS) is 10.3. The van der Waals surface area contributed by atoms with Crippen LogP contribution in [-0.4, -0.2) is 12.9 Å². The van der Waals surface area contributed by atoms with Gasteiger partial charge in [-0.1, -0.05) is 27.5 Å². The molecule has 110 valence electrons. The number of rotatable bonds is 5. The number of carbonyl (C=O) groups is 1. The van der Waals surface area contributed by atoms with E-state index in [1.807, 2.05) is 18.2 Å². The molecule has 2 aromatic carbocycles. The molecule has 0 aliphatic heterocycles. The first-order valence-electron chi connectivity index (χ1n) is 6.27. The van der Waals surface area contributed by atoms with Gasteiger partial charge in [-0.3, -0.25) is 4.79 Å². The van der Waals surface area contributed by atoms with Gasteiger partial charge >= 0.3 is 0 Å². The fraction of sp³-hybridized carbons (Fsp3) is 0.188. The smallest absolute Gasteiger partial charge is 0.159 e. The molecule has 0 saturated heterocycles. The lowest BCUT2D eigenvalue weighted by atomic mass is 10.1. The molecule has 0 amide bonds. The highest BCUT2D eigenvalue weighted by molar-refractivity contribution is 9.10. The minimum Gasteiger partial charge on any atom is -0.496 e. The quantitative estimate of drug-likeness (QED) is 0.704. The van der Waals surface area contributed by atoms with Crippen LogP contribution in [0, 0.1) is 0 Å². The predicted molar refractivity (Wildman–Crippen MR) is 86.5 cm³/mol. The number of ketones is 1. The van der Waals surface area contributed by atoms with Crippen LogP contribution < -0.4 is 9.47 Å². The second-order valence-corrected chi connectivity index (χ2v) is 5.77. The van der Waals surface area contributed by atoms with Gasteiger partial charge in [0.2, 0.25) is 0 Å². The van der Waals surface area contributed by atoms with E-state index in [-0.39, 0.29) is 5.78 Å². The monoisotopic (exact) mass is 368 g/mol. The zero-order chi connectivity index (χ0) is 15.4. The molecule has 0 bridgehead atoms. The number of hydrogen-bond donors (Lipinski definition) is 0. The molecule has 5 heteroatoms. The van der Waals surface area contributed by atoms with Crippen molar-refractivity contribution in [3.63, 3.8) is 0 Å². The Hall–Kier alpha value is -1.52. The Kier molecular flexibility index (Phi) is 5.26. The molecular weight excluding hydrogens is 356 g/mol. The minimum absolute atomic E-state index is 0.0305. The van der Waals surface area contributed by atoms with Gasteiger partial charge in [-0.25, -0.2) is 0 Å². The molecule has 0 spiro atoms. The van der Waals surface area contributed by atoms with Gasteiger partial charge in [-0.05, 0) is 43.3 Å². The molecular formula is C16H14BrClO3. The highest BCUT2D eigenvalue weighted by Crippen LogP contribution is 2.29. The van der Waals surface area contributed by atoms with Crippen LogP contribution in [0.2, 0.25) is 5.02 Å². The molecule has 0 aliphatic carbocycles. The van der Waals surface area contributed by atoms with E-state index in [4.69, 9.17) is 21.1 Å².